The molecule has 0 fully saturated rings. The van der Waals surface area contributed by atoms with Crippen molar-refractivity contribution in [2.75, 3.05) is 4.90 Å². The second-order valence-corrected chi connectivity index (χ2v) is 10.6. The molecule has 9 heteroatoms. The summed E-state index contributed by atoms with van der Waals surface area (Å²) in [6, 6.07) is 12.2. The van der Waals surface area contributed by atoms with E-state index in [2.05, 4.69) is 15.0 Å². The Labute approximate surface area is 236 Å². The summed E-state index contributed by atoms with van der Waals surface area (Å²) in [6.07, 6.45) is 1.44. The van der Waals surface area contributed by atoms with Crippen LogP contribution in [0.2, 0.25) is 0 Å². The Bertz CT molecular complexity index is 1620. The fourth-order valence-electron chi connectivity index (χ4n) is 5.01. The lowest BCUT2D eigenvalue weighted by atomic mass is 9.96. The Morgan fingerprint density at radius 3 is 2.35 bits per heavy atom. The number of pyridine rings is 1. The van der Waals surface area contributed by atoms with Crippen LogP contribution in [0, 0.1) is 25.6 Å². The molecule has 1 aliphatic rings. The molecule has 1 aliphatic heterocycles. The standard InChI is InChI=1S/C31H30F2N4O2S/c1-5-20-8-7-9-21(6-2)26(20)37-28(30-35-17(3)16-40-30)36-29(38)24(31(37)39)14-19-10-11-23(25(32)15-19)22-12-13-34-27(33)18(22)4/h7-13,15-16,29,38-39H,5-6,14H2,1-4H3. The van der Waals surface area contributed by atoms with Gasteiger partial charge < -0.3 is 10.2 Å². The fourth-order valence-corrected chi connectivity index (χ4v) is 5.79. The SMILES string of the molecule is CCc1cccc(CC)c1N1C(c2nc(C)cs2)=NC(O)C(Cc2ccc(-c3ccnc(F)c3C)c(F)c2)=C1O. The number of nitrogens with zero attached hydrogens (tertiary/aromatic N) is 4. The van der Waals surface area contributed by atoms with Crippen molar-refractivity contribution >= 4 is 22.9 Å². The summed E-state index contributed by atoms with van der Waals surface area (Å²) in [6.45, 7) is 7.52. The highest BCUT2D eigenvalue weighted by molar-refractivity contribution is 7.12. The van der Waals surface area contributed by atoms with Gasteiger partial charge in [0.05, 0.1) is 5.69 Å². The molecule has 5 rings (SSSR count). The van der Waals surface area contributed by atoms with Gasteiger partial charge in [0, 0.05) is 40.4 Å². The van der Waals surface area contributed by atoms with Crippen LogP contribution in [0.25, 0.3) is 11.1 Å². The summed E-state index contributed by atoms with van der Waals surface area (Å²) in [7, 11) is 0. The van der Waals surface area contributed by atoms with E-state index in [0.29, 0.717) is 22.0 Å². The summed E-state index contributed by atoms with van der Waals surface area (Å²) in [5.41, 5.74) is 5.32. The number of amidine groups is 1. The molecule has 2 aromatic heterocycles. The van der Waals surface area contributed by atoms with E-state index in [4.69, 9.17) is 0 Å². The van der Waals surface area contributed by atoms with Crippen LogP contribution in [-0.2, 0) is 19.3 Å². The Kier molecular flexibility index (Phi) is 7.78. The average Bonchev–Trinajstić information content (AvgIpc) is 3.38. The van der Waals surface area contributed by atoms with E-state index in [1.165, 1.54) is 23.6 Å². The molecule has 0 saturated carbocycles. The smallest absolute Gasteiger partial charge is 0.216 e. The molecule has 0 spiro atoms. The highest BCUT2D eigenvalue weighted by Gasteiger charge is 2.34. The van der Waals surface area contributed by atoms with Gasteiger partial charge in [-0.25, -0.2) is 19.4 Å². The van der Waals surface area contributed by atoms with E-state index in [0.717, 1.165) is 35.3 Å². The van der Waals surface area contributed by atoms with E-state index in [1.54, 1.807) is 30.0 Å². The van der Waals surface area contributed by atoms with Gasteiger partial charge in [0.25, 0.3) is 0 Å². The summed E-state index contributed by atoms with van der Waals surface area (Å²) in [5, 5.41) is 25.4. The predicted molar refractivity (Wildman–Crippen MR) is 155 cm³/mol. The zero-order chi connectivity index (χ0) is 28.6. The number of hydrogen-bond acceptors (Lipinski definition) is 7. The topological polar surface area (TPSA) is 81.8 Å². The van der Waals surface area contributed by atoms with Crippen LogP contribution in [0.15, 0.2) is 70.5 Å². The first kappa shape index (κ1) is 27.6. The van der Waals surface area contributed by atoms with Crippen molar-refractivity contribution in [2.24, 2.45) is 4.99 Å². The lowest BCUT2D eigenvalue weighted by Gasteiger charge is -2.34. The number of para-hydroxylation sites is 1. The van der Waals surface area contributed by atoms with Crippen molar-refractivity contribution in [3.8, 4) is 11.1 Å². The summed E-state index contributed by atoms with van der Waals surface area (Å²) in [4.78, 5) is 14.5. The fraction of sp³-hybridized carbons (Fsp3) is 0.258. The molecule has 0 bridgehead atoms. The van der Waals surface area contributed by atoms with Gasteiger partial charge in [-0.2, -0.15) is 4.39 Å². The van der Waals surface area contributed by atoms with Crippen LogP contribution in [0.1, 0.15) is 46.8 Å². The molecule has 4 aromatic rings. The normalized spacial score (nSPS) is 15.5. The highest BCUT2D eigenvalue weighted by atomic mass is 32.1. The molecule has 2 aromatic carbocycles. The minimum atomic E-state index is -1.35. The van der Waals surface area contributed by atoms with Gasteiger partial charge in [-0.15, -0.1) is 11.3 Å². The maximum atomic E-state index is 15.3. The predicted octanol–water partition coefficient (Wildman–Crippen LogP) is 6.82. The third kappa shape index (κ3) is 5.02. The number of aliphatic hydroxyl groups is 2. The van der Waals surface area contributed by atoms with Gasteiger partial charge in [-0.3, -0.25) is 4.90 Å². The highest BCUT2D eigenvalue weighted by Crippen LogP contribution is 2.37. The molecule has 0 saturated heterocycles. The third-order valence-electron chi connectivity index (χ3n) is 7.13. The number of halogens is 2. The van der Waals surface area contributed by atoms with Crippen LogP contribution >= 0.6 is 11.3 Å². The number of rotatable bonds is 7. The first-order chi connectivity index (χ1) is 19.2. The Hall–Kier alpha value is -3.95. The number of benzene rings is 2. The minimum absolute atomic E-state index is 0.0494. The second-order valence-electron chi connectivity index (χ2n) is 9.70. The molecule has 206 valence electrons. The minimum Gasteiger partial charge on any atom is -0.494 e. The van der Waals surface area contributed by atoms with E-state index in [-0.39, 0.29) is 29.0 Å². The van der Waals surface area contributed by atoms with Crippen LogP contribution in [0.3, 0.4) is 0 Å². The molecule has 1 unspecified atom stereocenters. The van der Waals surface area contributed by atoms with Gasteiger partial charge >= 0.3 is 0 Å². The summed E-state index contributed by atoms with van der Waals surface area (Å²) >= 11 is 1.39. The van der Waals surface area contributed by atoms with E-state index in [1.807, 2.05) is 44.4 Å². The molecule has 0 amide bonds. The molecule has 0 radical (unpaired) electrons. The molecule has 40 heavy (non-hydrogen) atoms. The first-order valence-corrected chi connectivity index (χ1v) is 14.0. The molecule has 1 atom stereocenters. The van der Waals surface area contributed by atoms with E-state index >= 15 is 4.39 Å². The third-order valence-corrected chi connectivity index (χ3v) is 8.08. The summed E-state index contributed by atoms with van der Waals surface area (Å²) in [5.74, 6) is -0.985. The number of hydrogen-bond donors (Lipinski definition) is 2. The number of thiazole rings is 1. The van der Waals surface area contributed by atoms with Gasteiger partial charge in [-0.05, 0) is 61.1 Å². The molecular weight excluding hydrogens is 530 g/mol. The quantitative estimate of drug-likeness (QED) is 0.242. The lowest BCUT2D eigenvalue weighted by molar-refractivity contribution is 0.204. The maximum Gasteiger partial charge on any atom is 0.216 e. The van der Waals surface area contributed by atoms with E-state index < -0.39 is 18.0 Å². The maximum absolute atomic E-state index is 15.3. The number of anilines is 1. The molecule has 0 aliphatic carbocycles. The second kappa shape index (κ2) is 11.3. The largest absolute Gasteiger partial charge is 0.494 e. The van der Waals surface area contributed by atoms with E-state index in [9.17, 15) is 14.6 Å². The van der Waals surface area contributed by atoms with Crippen molar-refractivity contribution in [1.82, 2.24) is 9.97 Å². The summed E-state index contributed by atoms with van der Waals surface area (Å²) < 4.78 is 29.3. The van der Waals surface area contributed by atoms with Crippen molar-refractivity contribution < 1.29 is 19.0 Å². The Morgan fingerprint density at radius 1 is 1.00 bits per heavy atom. The Morgan fingerprint density at radius 2 is 1.73 bits per heavy atom. The molecule has 2 N–H and O–H groups in total. The molecular formula is C31H30F2N4O2S. The Balaban J connectivity index is 1.60. The van der Waals surface area contributed by atoms with Gasteiger partial charge in [0.1, 0.15) is 5.82 Å². The van der Waals surface area contributed by atoms with Gasteiger partial charge in [0.2, 0.25) is 11.8 Å². The van der Waals surface area contributed by atoms with Crippen LogP contribution in [-0.4, -0.2) is 32.2 Å². The van der Waals surface area contributed by atoms with Crippen LogP contribution in [0.5, 0.6) is 0 Å². The van der Waals surface area contributed by atoms with Crippen molar-refractivity contribution in [1.29, 1.82) is 0 Å². The first-order valence-electron chi connectivity index (χ1n) is 13.1. The number of aryl methyl sites for hydroxylation is 3. The van der Waals surface area contributed by atoms with Crippen LogP contribution < -0.4 is 4.90 Å². The zero-order valence-corrected chi connectivity index (χ0v) is 23.6. The lowest BCUT2D eigenvalue weighted by Crippen LogP contribution is -2.40. The molecule has 3 heterocycles. The van der Waals surface area contributed by atoms with Gasteiger partial charge in [0.15, 0.2) is 17.1 Å². The van der Waals surface area contributed by atoms with Crippen molar-refractivity contribution in [3.05, 3.63) is 110 Å². The average molecular weight is 561 g/mol. The van der Waals surface area contributed by atoms with Gasteiger partial charge in [-0.1, -0.05) is 44.2 Å². The number of aliphatic imine (C=N–C) groups is 1. The zero-order valence-electron chi connectivity index (χ0n) is 22.7. The number of aliphatic hydroxyl groups excluding tert-OH is 2. The monoisotopic (exact) mass is 560 g/mol. The van der Waals surface area contributed by atoms with Crippen molar-refractivity contribution in [3.63, 3.8) is 0 Å². The molecule has 6 nitrogen and oxygen atoms in total. The number of aromatic nitrogens is 2. The van der Waals surface area contributed by atoms with Crippen molar-refractivity contribution in [2.45, 2.75) is 53.2 Å². The van der Waals surface area contributed by atoms with Crippen LogP contribution in [0.4, 0.5) is 14.5 Å².